The first-order valence-corrected chi connectivity index (χ1v) is 14.1. The second-order valence-corrected chi connectivity index (χ2v) is 11.7. The molecule has 3 amide bonds. The van der Waals surface area contributed by atoms with Crippen molar-refractivity contribution in [3.05, 3.63) is 47.5 Å². The molecule has 0 radical (unpaired) electrons. The van der Waals surface area contributed by atoms with Gasteiger partial charge < -0.3 is 21.3 Å². The number of likely N-dealkylation sites (tertiary alicyclic amines) is 1. The molecule has 3 aliphatic rings. The van der Waals surface area contributed by atoms with Crippen molar-refractivity contribution in [2.75, 3.05) is 18.4 Å². The van der Waals surface area contributed by atoms with Crippen LogP contribution in [0.25, 0.3) is 0 Å². The number of nitrogens with one attached hydrogen (secondary N) is 2. The van der Waals surface area contributed by atoms with Gasteiger partial charge in [0, 0.05) is 31.4 Å². The molecule has 1 aliphatic heterocycles. The van der Waals surface area contributed by atoms with Crippen molar-refractivity contribution in [1.29, 1.82) is 0 Å². The number of anilines is 1. The van der Waals surface area contributed by atoms with Crippen LogP contribution < -0.4 is 16.4 Å². The molecule has 210 valence electrons. The number of carbonyl (C=O) groups is 3. The smallest absolute Gasteiger partial charge is 0.270 e. The first-order chi connectivity index (χ1) is 18.6. The van der Waals surface area contributed by atoms with Crippen LogP contribution in [-0.2, 0) is 9.59 Å². The standard InChI is InChI=1S/C29H39FN6O3/c1-16(2)36-24(10-12-32-36)27(37)34-26(25(18-4-5-18)19-6-7-19)28(38)33-23-9-8-20(14-22(23)30)17(3)29(39)35-13-11-21(31)15-35/h8-10,12,14,16-19,21,25-26H,4-7,11,13,15,31H2,1-3H3,(H,33,38)(H,34,37)/t17-,21?,26-/m0/s1. The predicted molar refractivity (Wildman–Crippen MR) is 145 cm³/mol. The lowest BCUT2D eigenvalue weighted by Crippen LogP contribution is -2.50. The second-order valence-electron chi connectivity index (χ2n) is 11.7. The molecule has 1 unspecified atom stereocenters. The van der Waals surface area contributed by atoms with E-state index in [4.69, 9.17) is 5.73 Å². The van der Waals surface area contributed by atoms with Gasteiger partial charge in [-0.3, -0.25) is 19.1 Å². The van der Waals surface area contributed by atoms with E-state index in [-0.39, 0.29) is 35.5 Å². The van der Waals surface area contributed by atoms with Crippen LogP contribution in [0.15, 0.2) is 30.5 Å². The second kappa shape index (κ2) is 11.1. The number of benzene rings is 1. The first kappa shape index (κ1) is 27.3. The van der Waals surface area contributed by atoms with Crippen LogP contribution in [-0.4, -0.2) is 57.6 Å². The molecule has 2 saturated carbocycles. The monoisotopic (exact) mass is 538 g/mol. The number of nitrogens with zero attached hydrogens (tertiary/aromatic N) is 3. The molecule has 3 fully saturated rings. The molecule has 1 aromatic heterocycles. The Labute approximate surface area is 228 Å². The molecule has 2 heterocycles. The van der Waals surface area contributed by atoms with Crippen molar-refractivity contribution >= 4 is 23.4 Å². The number of carbonyl (C=O) groups excluding carboxylic acids is 3. The van der Waals surface area contributed by atoms with Crippen LogP contribution in [0, 0.1) is 23.6 Å². The van der Waals surface area contributed by atoms with Crippen molar-refractivity contribution in [2.24, 2.45) is 23.5 Å². The number of rotatable bonds is 10. The minimum atomic E-state index is -0.785. The van der Waals surface area contributed by atoms with Crippen LogP contribution in [0.4, 0.5) is 10.1 Å². The average Bonchev–Trinajstić information content (AvgIpc) is 3.83. The summed E-state index contributed by atoms with van der Waals surface area (Å²) in [7, 11) is 0. The number of hydrogen-bond acceptors (Lipinski definition) is 5. The fraction of sp³-hybridized carbons (Fsp3) is 0.586. The summed E-state index contributed by atoms with van der Waals surface area (Å²) in [5.74, 6) is -1.25. The van der Waals surface area contributed by atoms with Gasteiger partial charge in [-0.1, -0.05) is 6.07 Å². The van der Waals surface area contributed by atoms with E-state index in [1.165, 1.54) is 12.1 Å². The van der Waals surface area contributed by atoms with E-state index in [1.54, 1.807) is 34.8 Å². The van der Waals surface area contributed by atoms with Crippen LogP contribution >= 0.6 is 0 Å². The lowest BCUT2D eigenvalue weighted by molar-refractivity contribution is -0.131. The Bertz CT molecular complexity index is 1230. The molecule has 9 nitrogen and oxygen atoms in total. The lowest BCUT2D eigenvalue weighted by Gasteiger charge is -2.28. The van der Waals surface area contributed by atoms with Crippen molar-refractivity contribution in [1.82, 2.24) is 20.0 Å². The number of hydrogen-bond donors (Lipinski definition) is 3. The van der Waals surface area contributed by atoms with E-state index in [9.17, 15) is 14.4 Å². The quantitative estimate of drug-likeness (QED) is 0.428. The molecule has 2 aromatic rings. The van der Waals surface area contributed by atoms with E-state index < -0.39 is 23.7 Å². The Balaban J connectivity index is 1.32. The van der Waals surface area contributed by atoms with Gasteiger partial charge in [-0.25, -0.2) is 4.39 Å². The highest BCUT2D eigenvalue weighted by Crippen LogP contribution is 2.51. The summed E-state index contributed by atoms with van der Waals surface area (Å²) in [5.41, 5.74) is 6.90. The molecule has 39 heavy (non-hydrogen) atoms. The van der Waals surface area contributed by atoms with Crippen molar-refractivity contribution < 1.29 is 18.8 Å². The van der Waals surface area contributed by atoms with Gasteiger partial charge in [0.15, 0.2) is 0 Å². The molecular formula is C29H39FN6O3. The SMILES string of the molecule is CC(C)n1nccc1C(=O)N[C@H](C(=O)Nc1ccc([C@H](C)C(=O)N2CCC(N)C2)cc1F)C(C1CC1)C1CC1. The van der Waals surface area contributed by atoms with Crippen LogP contribution in [0.3, 0.4) is 0 Å². The zero-order valence-corrected chi connectivity index (χ0v) is 22.9. The molecule has 0 bridgehead atoms. The summed E-state index contributed by atoms with van der Waals surface area (Å²) in [6.45, 7) is 6.74. The molecule has 4 N–H and O–H groups in total. The molecule has 1 aromatic carbocycles. The lowest BCUT2D eigenvalue weighted by atomic mass is 9.88. The Kier molecular flexibility index (Phi) is 7.75. The fourth-order valence-electron chi connectivity index (χ4n) is 5.87. The fourth-order valence-corrected chi connectivity index (χ4v) is 5.87. The van der Waals surface area contributed by atoms with E-state index in [0.29, 0.717) is 36.2 Å². The molecule has 1 saturated heterocycles. The Morgan fingerprint density at radius 3 is 2.31 bits per heavy atom. The third kappa shape index (κ3) is 6.00. The van der Waals surface area contributed by atoms with Gasteiger partial charge in [-0.2, -0.15) is 5.10 Å². The molecule has 0 spiro atoms. The van der Waals surface area contributed by atoms with Crippen LogP contribution in [0.1, 0.15) is 80.9 Å². The summed E-state index contributed by atoms with van der Waals surface area (Å²) in [6, 6.07) is 5.30. The minimum Gasteiger partial charge on any atom is -0.341 e. The number of halogens is 1. The molecular weight excluding hydrogens is 499 g/mol. The van der Waals surface area contributed by atoms with E-state index in [2.05, 4.69) is 15.7 Å². The summed E-state index contributed by atoms with van der Waals surface area (Å²) in [5, 5.41) is 9.96. The maximum Gasteiger partial charge on any atom is 0.270 e. The van der Waals surface area contributed by atoms with Crippen LogP contribution in [0.2, 0.25) is 0 Å². The Morgan fingerprint density at radius 2 is 1.74 bits per heavy atom. The summed E-state index contributed by atoms with van der Waals surface area (Å²) < 4.78 is 16.9. The Morgan fingerprint density at radius 1 is 1.05 bits per heavy atom. The molecule has 10 heteroatoms. The van der Waals surface area contributed by atoms with Gasteiger partial charge in [-0.15, -0.1) is 0 Å². The van der Waals surface area contributed by atoms with Gasteiger partial charge >= 0.3 is 0 Å². The van der Waals surface area contributed by atoms with E-state index >= 15 is 4.39 Å². The van der Waals surface area contributed by atoms with Crippen molar-refractivity contribution in [3.63, 3.8) is 0 Å². The average molecular weight is 539 g/mol. The number of nitrogens with two attached hydrogens (primary N) is 1. The highest BCUT2D eigenvalue weighted by atomic mass is 19.1. The minimum absolute atomic E-state index is 0.0104. The summed E-state index contributed by atoms with van der Waals surface area (Å²) >= 11 is 0. The molecule has 3 atom stereocenters. The van der Waals surface area contributed by atoms with Crippen molar-refractivity contribution in [2.45, 2.75) is 76.9 Å². The predicted octanol–water partition coefficient (Wildman–Crippen LogP) is 3.44. The highest BCUT2D eigenvalue weighted by Gasteiger charge is 2.48. The highest BCUT2D eigenvalue weighted by molar-refractivity contribution is 6.01. The third-order valence-corrected chi connectivity index (χ3v) is 8.34. The third-order valence-electron chi connectivity index (χ3n) is 8.34. The van der Waals surface area contributed by atoms with E-state index in [0.717, 1.165) is 32.1 Å². The zero-order chi connectivity index (χ0) is 27.8. The maximum absolute atomic E-state index is 15.2. The van der Waals surface area contributed by atoms with Gasteiger partial charge in [0.05, 0.1) is 11.6 Å². The number of aromatic nitrogens is 2. The molecule has 5 rings (SSSR count). The summed E-state index contributed by atoms with van der Waals surface area (Å²) in [4.78, 5) is 41.5. The van der Waals surface area contributed by atoms with Gasteiger partial charge in [0.1, 0.15) is 17.6 Å². The number of amides is 3. The normalized spacial score (nSPS) is 20.8. The molecule has 2 aliphatic carbocycles. The maximum atomic E-state index is 15.2. The summed E-state index contributed by atoms with van der Waals surface area (Å²) in [6.07, 6.45) is 6.45. The van der Waals surface area contributed by atoms with Crippen LogP contribution in [0.5, 0.6) is 0 Å². The van der Waals surface area contributed by atoms with Gasteiger partial charge in [0.25, 0.3) is 5.91 Å². The van der Waals surface area contributed by atoms with Gasteiger partial charge in [-0.05, 0) is 94.4 Å². The van der Waals surface area contributed by atoms with Crippen molar-refractivity contribution in [3.8, 4) is 0 Å². The zero-order valence-electron chi connectivity index (χ0n) is 22.9. The van der Waals surface area contributed by atoms with Gasteiger partial charge in [0.2, 0.25) is 11.8 Å². The largest absolute Gasteiger partial charge is 0.341 e. The first-order valence-electron chi connectivity index (χ1n) is 14.1. The topological polar surface area (TPSA) is 122 Å². The Hall–Kier alpha value is -3.27. The van der Waals surface area contributed by atoms with E-state index in [1.807, 2.05) is 13.8 Å².